The number of carbonyl (C=O) groups is 2. The van der Waals surface area contributed by atoms with Crippen molar-refractivity contribution in [1.82, 2.24) is 15.2 Å². The predicted octanol–water partition coefficient (Wildman–Crippen LogP) is 3.51. The van der Waals surface area contributed by atoms with Gasteiger partial charge in [0, 0.05) is 44.3 Å². The molecule has 2 aromatic carbocycles. The molecule has 178 valence electrons. The topological polar surface area (TPSA) is 74.2 Å². The maximum absolute atomic E-state index is 12.9. The highest BCUT2D eigenvalue weighted by atomic mass is 16.5. The van der Waals surface area contributed by atoms with Crippen molar-refractivity contribution in [3.8, 4) is 5.75 Å². The number of nitrogens with zero attached hydrogens (tertiary/aromatic N) is 3. The van der Waals surface area contributed by atoms with Crippen molar-refractivity contribution < 1.29 is 14.3 Å². The Morgan fingerprint density at radius 3 is 2.56 bits per heavy atom. The van der Waals surface area contributed by atoms with E-state index in [9.17, 15) is 9.59 Å². The zero-order valence-electron chi connectivity index (χ0n) is 19.7. The zero-order chi connectivity index (χ0) is 23.5. The first kappa shape index (κ1) is 22.6. The van der Waals surface area contributed by atoms with E-state index in [2.05, 4.69) is 22.4 Å². The van der Waals surface area contributed by atoms with Gasteiger partial charge in [-0.05, 0) is 31.5 Å². The van der Waals surface area contributed by atoms with Crippen LogP contribution in [0.2, 0.25) is 0 Å². The number of likely N-dealkylation sites (tertiary alicyclic amines) is 1. The van der Waals surface area contributed by atoms with Crippen LogP contribution >= 0.6 is 0 Å². The van der Waals surface area contributed by atoms with Gasteiger partial charge in [-0.3, -0.25) is 9.59 Å². The Morgan fingerprint density at radius 1 is 1.03 bits per heavy atom. The average Bonchev–Trinajstić information content (AvgIpc) is 3.36. The lowest BCUT2D eigenvalue weighted by molar-refractivity contribution is -0.133. The van der Waals surface area contributed by atoms with Crippen LogP contribution in [-0.4, -0.2) is 59.7 Å². The lowest BCUT2D eigenvalue weighted by Crippen LogP contribution is -2.51. The van der Waals surface area contributed by atoms with Crippen LogP contribution in [0.4, 0.5) is 0 Å². The highest BCUT2D eigenvalue weighted by Gasteiger charge is 2.43. The third-order valence-corrected chi connectivity index (χ3v) is 7.19. The summed E-state index contributed by atoms with van der Waals surface area (Å²) < 4.78 is 6.48. The maximum Gasteiger partial charge on any atom is 0.243 e. The van der Waals surface area contributed by atoms with Crippen LogP contribution in [0.25, 0.3) is 0 Å². The molecule has 0 radical (unpaired) electrons. The number of hydrogen-bond donors (Lipinski definition) is 1. The molecule has 1 spiro atoms. The number of nitrogens with one attached hydrogen (secondary N) is 1. The minimum Gasteiger partial charge on any atom is -0.487 e. The molecule has 7 nitrogen and oxygen atoms in total. The minimum atomic E-state index is -0.243. The van der Waals surface area contributed by atoms with Gasteiger partial charge in [0.05, 0.1) is 18.3 Å². The molecule has 3 aliphatic heterocycles. The van der Waals surface area contributed by atoms with Gasteiger partial charge in [0.25, 0.3) is 0 Å². The molecule has 2 amide bonds. The van der Waals surface area contributed by atoms with E-state index in [1.807, 2.05) is 54.6 Å². The number of carbonyl (C=O) groups excluding carboxylic acids is 2. The molecular formula is C27H32N4O3. The molecule has 0 saturated carbocycles. The molecule has 0 unspecified atom stereocenters. The average molecular weight is 461 g/mol. The summed E-state index contributed by atoms with van der Waals surface area (Å²) in [5.41, 5.74) is 2.73. The number of para-hydroxylation sites is 1. The summed E-state index contributed by atoms with van der Waals surface area (Å²) in [5.74, 6) is 0.643. The molecule has 5 rings (SSSR count). The first-order valence-electron chi connectivity index (χ1n) is 12.2. The highest BCUT2D eigenvalue weighted by Crippen LogP contribution is 2.44. The van der Waals surface area contributed by atoms with E-state index in [1.165, 1.54) is 5.01 Å². The van der Waals surface area contributed by atoms with E-state index in [-0.39, 0.29) is 36.3 Å². The lowest BCUT2D eigenvalue weighted by Gasteiger charge is -2.46. The molecule has 7 heteroatoms. The van der Waals surface area contributed by atoms with Crippen LogP contribution in [0.15, 0.2) is 59.7 Å². The number of amides is 2. The minimum absolute atomic E-state index is 0.106. The largest absolute Gasteiger partial charge is 0.487 e. The van der Waals surface area contributed by atoms with E-state index in [1.54, 1.807) is 0 Å². The van der Waals surface area contributed by atoms with Gasteiger partial charge < -0.3 is 15.0 Å². The fourth-order valence-electron chi connectivity index (χ4n) is 5.17. The molecule has 0 bridgehead atoms. The van der Waals surface area contributed by atoms with E-state index in [0.29, 0.717) is 6.54 Å². The van der Waals surface area contributed by atoms with Crippen LogP contribution in [0.5, 0.6) is 5.75 Å². The Hall–Kier alpha value is -3.19. The van der Waals surface area contributed by atoms with Crippen molar-refractivity contribution in [2.75, 3.05) is 26.7 Å². The standard InChI is InChI=1S/C27H32N4O3/c1-30-17-14-27(15-18-30)19-23(21-9-5-6-10-24(21)34-27)28-25(32)11-12-26(33)31-16-13-22(29-31)20-7-3-2-4-8-20/h2-10,23H,11-19H2,1H3,(H,28,32)/t23-/m1/s1. The van der Waals surface area contributed by atoms with Gasteiger partial charge in [0.2, 0.25) is 11.8 Å². The van der Waals surface area contributed by atoms with Crippen molar-refractivity contribution in [3.63, 3.8) is 0 Å². The summed E-state index contributed by atoms with van der Waals surface area (Å²) in [6.45, 7) is 2.53. The van der Waals surface area contributed by atoms with Crippen LogP contribution in [-0.2, 0) is 9.59 Å². The van der Waals surface area contributed by atoms with E-state index < -0.39 is 0 Å². The molecule has 3 heterocycles. The predicted molar refractivity (Wildman–Crippen MR) is 131 cm³/mol. The second-order valence-electron chi connectivity index (χ2n) is 9.63. The highest BCUT2D eigenvalue weighted by molar-refractivity contribution is 6.02. The summed E-state index contributed by atoms with van der Waals surface area (Å²) in [6.07, 6.45) is 3.68. The van der Waals surface area contributed by atoms with Gasteiger partial charge in [-0.25, -0.2) is 5.01 Å². The molecule has 0 aliphatic carbocycles. The Bertz CT molecular complexity index is 1080. The second-order valence-corrected chi connectivity index (χ2v) is 9.63. The Kier molecular flexibility index (Phi) is 6.37. The number of ether oxygens (including phenoxy) is 1. The maximum atomic E-state index is 12.9. The van der Waals surface area contributed by atoms with E-state index in [4.69, 9.17) is 4.74 Å². The van der Waals surface area contributed by atoms with Crippen molar-refractivity contribution in [2.45, 2.75) is 50.2 Å². The molecule has 1 N–H and O–H groups in total. The van der Waals surface area contributed by atoms with Gasteiger partial charge in [-0.1, -0.05) is 48.5 Å². The molecular weight excluding hydrogens is 428 g/mol. The van der Waals surface area contributed by atoms with E-state index >= 15 is 0 Å². The fourth-order valence-corrected chi connectivity index (χ4v) is 5.17. The van der Waals surface area contributed by atoms with Crippen LogP contribution in [0.1, 0.15) is 55.7 Å². The zero-order valence-corrected chi connectivity index (χ0v) is 19.7. The molecule has 2 aromatic rings. The third kappa shape index (κ3) is 4.85. The number of hydrazone groups is 1. The molecule has 1 saturated heterocycles. The Morgan fingerprint density at radius 2 is 1.76 bits per heavy atom. The summed E-state index contributed by atoms with van der Waals surface area (Å²) in [5, 5.41) is 9.20. The quantitative estimate of drug-likeness (QED) is 0.741. The van der Waals surface area contributed by atoms with Crippen molar-refractivity contribution in [3.05, 3.63) is 65.7 Å². The molecule has 1 fully saturated rings. The lowest BCUT2D eigenvalue weighted by atomic mass is 9.80. The molecule has 1 atom stereocenters. The van der Waals surface area contributed by atoms with Crippen LogP contribution in [0, 0.1) is 0 Å². The van der Waals surface area contributed by atoms with Gasteiger partial charge >= 0.3 is 0 Å². The summed E-state index contributed by atoms with van der Waals surface area (Å²) in [6, 6.07) is 17.8. The van der Waals surface area contributed by atoms with E-state index in [0.717, 1.165) is 61.4 Å². The molecule has 34 heavy (non-hydrogen) atoms. The molecule has 0 aromatic heterocycles. The summed E-state index contributed by atoms with van der Waals surface area (Å²) in [7, 11) is 2.13. The fraction of sp³-hybridized carbons (Fsp3) is 0.444. The number of hydrogen-bond acceptors (Lipinski definition) is 5. The van der Waals surface area contributed by atoms with Crippen molar-refractivity contribution in [2.24, 2.45) is 5.10 Å². The van der Waals surface area contributed by atoms with Crippen molar-refractivity contribution in [1.29, 1.82) is 0 Å². The van der Waals surface area contributed by atoms with Crippen molar-refractivity contribution >= 4 is 17.5 Å². The first-order valence-corrected chi connectivity index (χ1v) is 12.2. The molecule has 3 aliphatic rings. The normalized spacial score (nSPS) is 21.5. The smallest absolute Gasteiger partial charge is 0.243 e. The van der Waals surface area contributed by atoms with Crippen LogP contribution in [0.3, 0.4) is 0 Å². The van der Waals surface area contributed by atoms with Gasteiger partial charge in [-0.2, -0.15) is 5.10 Å². The van der Waals surface area contributed by atoms with Gasteiger partial charge in [0.15, 0.2) is 0 Å². The van der Waals surface area contributed by atoms with Gasteiger partial charge in [-0.15, -0.1) is 0 Å². The number of benzene rings is 2. The second kappa shape index (κ2) is 9.58. The van der Waals surface area contributed by atoms with Gasteiger partial charge in [0.1, 0.15) is 11.4 Å². The SMILES string of the molecule is CN1CCC2(CC1)C[C@@H](NC(=O)CCC(=O)N1CCC(c3ccccc3)=N1)c1ccccc1O2. The van der Waals surface area contributed by atoms with Crippen LogP contribution < -0.4 is 10.1 Å². The number of fused-ring (bicyclic) bond motifs is 1. The Labute approximate surface area is 200 Å². The number of piperidine rings is 1. The summed E-state index contributed by atoms with van der Waals surface area (Å²) >= 11 is 0. The first-order chi connectivity index (χ1) is 16.5. The Balaban J connectivity index is 1.20. The summed E-state index contributed by atoms with van der Waals surface area (Å²) in [4.78, 5) is 27.9. The third-order valence-electron chi connectivity index (χ3n) is 7.19. The monoisotopic (exact) mass is 460 g/mol. The number of rotatable bonds is 5.